The molecule has 3 aliphatic heterocycles. The maximum atomic E-state index is 15.2. The van der Waals surface area contributed by atoms with Crippen molar-refractivity contribution < 1.29 is 63.7 Å². The Kier molecular flexibility index (Phi) is 13.0. The molecule has 1 aliphatic carbocycles. The van der Waals surface area contributed by atoms with E-state index in [2.05, 4.69) is 4.98 Å². The first-order chi connectivity index (χ1) is 28.0. The minimum Gasteiger partial charge on any atom is -0.490 e. The molecule has 6 rings (SSSR count). The zero-order valence-electron chi connectivity index (χ0n) is 33.3. The third-order valence-corrected chi connectivity index (χ3v) is 13.6. The topological polar surface area (TPSA) is 155 Å². The maximum absolute atomic E-state index is 15.2. The van der Waals surface area contributed by atoms with Crippen molar-refractivity contribution in [3.05, 3.63) is 70.4 Å². The van der Waals surface area contributed by atoms with Gasteiger partial charge in [-0.25, -0.2) is 8.42 Å². The van der Waals surface area contributed by atoms with Gasteiger partial charge < -0.3 is 24.4 Å². The number of allylic oxidation sites excluding steroid dienone is 1. The number of pyridine rings is 1. The Labute approximate surface area is 348 Å². The lowest BCUT2D eigenvalue weighted by atomic mass is 9.78. The fraction of sp³-hybridized carbons (Fsp3) is 0.600. The number of carbonyl (C=O) groups is 3. The molecule has 0 radical (unpaired) electrons. The molecule has 3 fully saturated rings. The Balaban J connectivity index is 1.28. The van der Waals surface area contributed by atoms with Gasteiger partial charge in [0.05, 0.1) is 40.1 Å². The van der Waals surface area contributed by atoms with E-state index < -0.39 is 91.1 Å². The van der Waals surface area contributed by atoms with Gasteiger partial charge in [0.1, 0.15) is 11.4 Å². The highest BCUT2D eigenvalue weighted by atomic mass is 32.2. The molecule has 12 nitrogen and oxygen atoms in total. The molecule has 1 unspecified atom stereocenters. The monoisotopic (exact) mass is 890 g/mol. The van der Waals surface area contributed by atoms with Crippen molar-refractivity contribution in [1.82, 2.24) is 19.5 Å². The highest BCUT2D eigenvalue weighted by Crippen LogP contribution is 2.49. The van der Waals surface area contributed by atoms with E-state index in [0.29, 0.717) is 42.3 Å². The minimum atomic E-state index is -4.93. The molecule has 2 aromatic rings. The summed E-state index contributed by atoms with van der Waals surface area (Å²) in [7, 11) is -3.75. The number of carbonyl (C=O) groups excluding carboxylic acids is 3. The van der Waals surface area contributed by atoms with Crippen molar-refractivity contribution in [1.29, 1.82) is 0 Å². The van der Waals surface area contributed by atoms with Crippen molar-refractivity contribution in [3.63, 3.8) is 0 Å². The van der Waals surface area contributed by atoms with Crippen LogP contribution in [0.1, 0.15) is 93.3 Å². The van der Waals surface area contributed by atoms with Crippen LogP contribution < -0.4 is 9.46 Å². The summed E-state index contributed by atoms with van der Waals surface area (Å²) < 4.78 is 122. The summed E-state index contributed by atoms with van der Waals surface area (Å²) in [5, 5.41) is 12.1. The first kappa shape index (κ1) is 45.6. The second-order valence-electron chi connectivity index (χ2n) is 16.2. The summed E-state index contributed by atoms with van der Waals surface area (Å²) >= 11 is 0.509. The van der Waals surface area contributed by atoms with Gasteiger partial charge in [0.25, 0.3) is 11.8 Å². The summed E-state index contributed by atoms with van der Waals surface area (Å²) in [5.41, 5.74) is -6.91. The third-order valence-electron chi connectivity index (χ3n) is 11.6. The quantitative estimate of drug-likeness (QED) is 0.244. The van der Waals surface area contributed by atoms with E-state index in [1.165, 1.54) is 11.8 Å². The van der Waals surface area contributed by atoms with Gasteiger partial charge in [-0.05, 0) is 82.6 Å². The Morgan fingerprint density at radius 2 is 1.70 bits per heavy atom. The number of likely N-dealkylation sites (tertiary alicyclic amines) is 2. The number of alkyl halides is 6. The number of hydrogen-bond donors (Lipinski definition) is 2. The molecule has 1 aromatic carbocycles. The van der Waals surface area contributed by atoms with Crippen LogP contribution in [-0.4, -0.2) is 107 Å². The summed E-state index contributed by atoms with van der Waals surface area (Å²) in [6.45, 7) is 2.97. The maximum Gasteiger partial charge on any atom is 0.422 e. The fourth-order valence-corrected chi connectivity index (χ4v) is 10.5. The molecule has 1 saturated carbocycles. The summed E-state index contributed by atoms with van der Waals surface area (Å²) in [5.74, 6) is -2.85. The number of para-hydroxylation sites is 1. The van der Waals surface area contributed by atoms with Gasteiger partial charge in [0.2, 0.25) is 15.9 Å². The highest BCUT2D eigenvalue weighted by molar-refractivity contribution is 8.03. The number of nitrogens with one attached hydrogen (secondary N) is 1. The van der Waals surface area contributed by atoms with Crippen LogP contribution in [0.4, 0.5) is 26.3 Å². The van der Waals surface area contributed by atoms with Crippen molar-refractivity contribution in [2.24, 2.45) is 5.92 Å². The lowest BCUT2D eigenvalue weighted by Gasteiger charge is -2.53. The summed E-state index contributed by atoms with van der Waals surface area (Å²) in [4.78, 5) is 47.3. The predicted molar refractivity (Wildman–Crippen MR) is 208 cm³/mol. The molecule has 0 spiro atoms. The number of halogens is 6. The minimum absolute atomic E-state index is 0.0194. The van der Waals surface area contributed by atoms with Gasteiger partial charge >= 0.3 is 12.4 Å². The number of nitrogens with zero attached hydrogens (tertiary/aromatic N) is 3. The van der Waals surface area contributed by atoms with E-state index in [1.807, 2.05) is 4.72 Å². The molecular weight excluding hydrogens is 843 g/mol. The van der Waals surface area contributed by atoms with E-state index in [-0.39, 0.29) is 63.9 Å². The molecule has 60 heavy (non-hydrogen) atoms. The second kappa shape index (κ2) is 17.1. The molecule has 3 amide bonds. The average Bonchev–Trinajstić information content (AvgIpc) is 3.81. The second-order valence-corrected chi connectivity index (χ2v) is 19.0. The van der Waals surface area contributed by atoms with Gasteiger partial charge in [-0.1, -0.05) is 31.5 Å². The number of benzene rings is 1. The van der Waals surface area contributed by atoms with Gasteiger partial charge in [-0.15, -0.1) is 11.8 Å². The first-order valence-electron chi connectivity index (χ1n) is 19.7. The smallest absolute Gasteiger partial charge is 0.422 e. The van der Waals surface area contributed by atoms with Crippen LogP contribution in [0.3, 0.4) is 0 Å². The zero-order chi connectivity index (χ0) is 43.9. The van der Waals surface area contributed by atoms with E-state index in [0.717, 1.165) is 35.6 Å². The normalized spacial score (nSPS) is 27.4. The molecule has 20 heteroatoms. The molecule has 4 heterocycles. The van der Waals surface area contributed by atoms with E-state index in [4.69, 9.17) is 9.47 Å². The molecule has 2 N–H and O–H groups in total. The number of aliphatic hydroxyl groups is 1. The summed E-state index contributed by atoms with van der Waals surface area (Å²) in [6, 6.07) is 7.34. The Bertz CT molecular complexity index is 2090. The van der Waals surface area contributed by atoms with Crippen LogP contribution in [0.5, 0.6) is 5.75 Å². The number of sulfonamides is 1. The SMILES string of the molecule is CCC[C@H]1N(C(=O)c2ncccc2C(F)(F)F)CCC[C@@]1(OC1(C)C=C(C(F)(F)F)SC1)C(=O)N1CCC(O)(c2ccccc2O[C@@H]2CC[C@@H](C(=O)NS(C)(=O)=O)C2)CC1. The predicted octanol–water partition coefficient (Wildman–Crippen LogP) is 6.35. The number of aromatic nitrogens is 1. The first-order valence-corrected chi connectivity index (χ1v) is 22.6. The lowest BCUT2D eigenvalue weighted by molar-refractivity contribution is -0.197. The van der Waals surface area contributed by atoms with Crippen molar-refractivity contribution in [2.45, 2.75) is 113 Å². The Hall–Kier alpha value is -3.88. The molecule has 0 bridgehead atoms. The largest absolute Gasteiger partial charge is 0.490 e. The number of amides is 3. The molecule has 1 aromatic heterocycles. The summed E-state index contributed by atoms with van der Waals surface area (Å²) in [6.07, 6.45) is -5.78. The van der Waals surface area contributed by atoms with Crippen LogP contribution in [0, 0.1) is 5.92 Å². The van der Waals surface area contributed by atoms with Gasteiger partial charge in [-0.2, -0.15) is 26.3 Å². The van der Waals surface area contributed by atoms with Crippen LogP contribution >= 0.6 is 11.8 Å². The van der Waals surface area contributed by atoms with Crippen LogP contribution in [-0.2, 0) is 36.1 Å². The molecular formula is C40H48F6N4O8S2. The average molecular weight is 891 g/mol. The van der Waals surface area contributed by atoms with Gasteiger partial charge in [0.15, 0.2) is 5.60 Å². The van der Waals surface area contributed by atoms with Gasteiger partial charge in [-0.3, -0.25) is 24.1 Å². The van der Waals surface area contributed by atoms with Crippen LogP contribution in [0.2, 0.25) is 0 Å². The zero-order valence-corrected chi connectivity index (χ0v) is 34.9. The molecule has 4 aliphatic rings. The van der Waals surface area contributed by atoms with Crippen molar-refractivity contribution in [2.75, 3.05) is 31.6 Å². The van der Waals surface area contributed by atoms with E-state index >= 15 is 4.79 Å². The van der Waals surface area contributed by atoms with Gasteiger partial charge in [0, 0.05) is 43.1 Å². The number of hydrogen-bond acceptors (Lipinski definition) is 10. The number of rotatable bonds is 11. The molecule has 5 atom stereocenters. The van der Waals surface area contributed by atoms with Crippen molar-refractivity contribution in [3.8, 4) is 5.75 Å². The lowest BCUT2D eigenvalue weighted by Crippen LogP contribution is -2.69. The molecule has 330 valence electrons. The van der Waals surface area contributed by atoms with E-state index in [9.17, 15) is 49.5 Å². The van der Waals surface area contributed by atoms with Crippen molar-refractivity contribution >= 4 is 39.5 Å². The number of ether oxygens (including phenoxy) is 2. The number of thioether (sulfide) groups is 1. The molecule has 2 saturated heterocycles. The van der Waals surface area contributed by atoms with Crippen LogP contribution in [0.25, 0.3) is 0 Å². The fourth-order valence-electron chi connectivity index (χ4n) is 8.87. The Morgan fingerprint density at radius 3 is 2.33 bits per heavy atom. The Morgan fingerprint density at radius 1 is 1.00 bits per heavy atom. The van der Waals surface area contributed by atoms with Crippen LogP contribution in [0.15, 0.2) is 53.6 Å². The number of piperidine rings is 2. The highest BCUT2D eigenvalue weighted by Gasteiger charge is 2.59. The van der Waals surface area contributed by atoms with E-state index in [1.54, 1.807) is 31.2 Å². The third kappa shape index (κ3) is 9.75. The standard InChI is InChI=1S/C40H48F6N4O8S2/c1-4-9-30-38(58-36(2)23-31(59-24-36)40(44,45)46,15-8-19-50(30)34(52)32-28(39(41,42)43)11-7-18-47-32)35(53)49-20-16-37(54,17-21-49)27-10-5-6-12-29(27)57-26-14-13-25(22-26)33(51)48-60(3,55)56/h5-7,10-12,18,23,25-26,30,54H,4,8-9,13-17,19-22,24H2,1-3H3,(H,48,51)/t25-,26-,30-,36?,38+/m1/s1.